The summed E-state index contributed by atoms with van der Waals surface area (Å²) < 4.78 is 11.5. The van der Waals surface area contributed by atoms with Crippen molar-refractivity contribution in [2.75, 3.05) is 13.2 Å². The molecule has 26 heavy (non-hydrogen) atoms. The topological polar surface area (TPSA) is 64.4 Å². The second-order valence-corrected chi connectivity index (χ2v) is 7.79. The predicted molar refractivity (Wildman–Crippen MR) is 103 cm³/mol. The van der Waals surface area contributed by atoms with Crippen LogP contribution in [-0.4, -0.2) is 24.0 Å². The lowest BCUT2D eigenvalue weighted by Crippen LogP contribution is -2.30. The van der Waals surface area contributed by atoms with Gasteiger partial charge in [0, 0.05) is 18.4 Å². The molecule has 0 saturated heterocycles. The maximum atomic E-state index is 11.9. The van der Waals surface area contributed by atoms with Gasteiger partial charge in [-0.1, -0.05) is 38.5 Å². The van der Waals surface area contributed by atoms with Crippen LogP contribution in [0.1, 0.15) is 55.7 Å². The van der Waals surface area contributed by atoms with Crippen molar-refractivity contribution in [1.29, 1.82) is 0 Å². The molecule has 0 bridgehead atoms. The Labute approximate surface area is 156 Å². The summed E-state index contributed by atoms with van der Waals surface area (Å²) in [6.45, 7) is 12.8. The van der Waals surface area contributed by atoms with Crippen molar-refractivity contribution in [1.82, 2.24) is 10.3 Å². The van der Waals surface area contributed by atoms with Gasteiger partial charge in [0.05, 0.1) is 5.69 Å². The Balaban J connectivity index is 1.73. The van der Waals surface area contributed by atoms with Crippen LogP contribution < -0.4 is 10.1 Å². The van der Waals surface area contributed by atoms with Gasteiger partial charge in [-0.15, -0.1) is 0 Å². The van der Waals surface area contributed by atoms with Gasteiger partial charge in [0.2, 0.25) is 0 Å². The number of aromatic nitrogens is 1. The molecule has 1 heterocycles. The smallest absolute Gasteiger partial charge is 0.257 e. The van der Waals surface area contributed by atoms with Crippen molar-refractivity contribution in [3.8, 4) is 5.75 Å². The highest BCUT2D eigenvalue weighted by molar-refractivity contribution is 5.77. The zero-order valence-electron chi connectivity index (χ0n) is 16.7. The van der Waals surface area contributed by atoms with Crippen molar-refractivity contribution in [2.24, 2.45) is 0 Å². The quantitative estimate of drug-likeness (QED) is 0.759. The first-order valence-corrected chi connectivity index (χ1v) is 9.10. The molecule has 2 aromatic rings. The standard InChI is InChI=1S/C21H30N2O3/c1-14-9-10-17(15(2)12-14)25-13-19(24)22-11-7-8-18-16(3)23-20(26-18)21(4,5)6/h9-10,12H,7-8,11,13H2,1-6H3,(H,22,24). The second kappa shape index (κ2) is 8.39. The molecule has 5 nitrogen and oxygen atoms in total. The summed E-state index contributed by atoms with van der Waals surface area (Å²) in [7, 11) is 0. The lowest BCUT2D eigenvalue weighted by Gasteiger charge is -2.12. The molecule has 1 N–H and O–H groups in total. The monoisotopic (exact) mass is 358 g/mol. The van der Waals surface area contributed by atoms with Gasteiger partial charge in [0.15, 0.2) is 12.5 Å². The number of ether oxygens (including phenoxy) is 1. The zero-order chi connectivity index (χ0) is 19.3. The van der Waals surface area contributed by atoms with Crippen LogP contribution in [0.5, 0.6) is 5.75 Å². The van der Waals surface area contributed by atoms with Crippen molar-refractivity contribution in [3.05, 3.63) is 46.7 Å². The van der Waals surface area contributed by atoms with Gasteiger partial charge in [-0.2, -0.15) is 0 Å². The van der Waals surface area contributed by atoms with Crippen molar-refractivity contribution in [2.45, 2.75) is 59.8 Å². The number of nitrogens with zero attached hydrogens (tertiary/aromatic N) is 1. The van der Waals surface area contributed by atoms with E-state index in [1.165, 1.54) is 5.56 Å². The van der Waals surface area contributed by atoms with Crippen molar-refractivity contribution >= 4 is 5.91 Å². The number of carbonyl (C=O) groups excluding carboxylic acids is 1. The van der Waals surface area contributed by atoms with Gasteiger partial charge in [0.1, 0.15) is 11.5 Å². The Morgan fingerprint density at radius 1 is 1.23 bits per heavy atom. The van der Waals surface area contributed by atoms with Crippen LogP contribution in [0, 0.1) is 20.8 Å². The number of amides is 1. The number of rotatable bonds is 7. The molecule has 0 radical (unpaired) electrons. The van der Waals surface area contributed by atoms with E-state index in [1.54, 1.807) is 0 Å². The SMILES string of the molecule is Cc1ccc(OCC(=O)NCCCc2oc(C(C)(C)C)nc2C)c(C)c1. The van der Waals surface area contributed by atoms with Crippen LogP contribution in [0.2, 0.25) is 0 Å². The Morgan fingerprint density at radius 2 is 1.96 bits per heavy atom. The number of oxazole rings is 1. The van der Waals surface area contributed by atoms with Gasteiger partial charge in [-0.3, -0.25) is 4.79 Å². The third kappa shape index (κ3) is 5.61. The maximum absolute atomic E-state index is 11.9. The molecular weight excluding hydrogens is 328 g/mol. The Kier molecular flexibility index (Phi) is 6.46. The molecule has 0 aliphatic carbocycles. The fraction of sp³-hybridized carbons (Fsp3) is 0.524. The minimum Gasteiger partial charge on any atom is -0.484 e. The zero-order valence-corrected chi connectivity index (χ0v) is 16.7. The largest absolute Gasteiger partial charge is 0.484 e. The normalized spacial score (nSPS) is 11.5. The highest BCUT2D eigenvalue weighted by Crippen LogP contribution is 2.24. The average molecular weight is 358 g/mol. The summed E-state index contributed by atoms with van der Waals surface area (Å²) >= 11 is 0. The van der Waals surface area contributed by atoms with Gasteiger partial charge < -0.3 is 14.5 Å². The fourth-order valence-electron chi connectivity index (χ4n) is 2.61. The van der Waals surface area contributed by atoms with Crippen LogP contribution in [0.15, 0.2) is 22.6 Å². The molecular formula is C21H30N2O3. The first kappa shape index (κ1) is 20.0. The lowest BCUT2D eigenvalue weighted by molar-refractivity contribution is -0.123. The molecule has 142 valence electrons. The summed E-state index contributed by atoms with van der Waals surface area (Å²) in [4.78, 5) is 16.4. The Bertz CT molecular complexity index is 757. The second-order valence-electron chi connectivity index (χ2n) is 7.79. The number of nitrogens with one attached hydrogen (secondary N) is 1. The third-order valence-corrected chi connectivity index (χ3v) is 4.13. The van der Waals surface area contributed by atoms with Crippen LogP contribution in [0.25, 0.3) is 0 Å². The minimum absolute atomic E-state index is 0.0272. The summed E-state index contributed by atoms with van der Waals surface area (Å²) in [5.74, 6) is 2.29. The molecule has 1 aromatic carbocycles. The molecule has 2 rings (SSSR count). The molecule has 0 atom stereocenters. The molecule has 0 aliphatic rings. The first-order chi connectivity index (χ1) is 12.2. The number of aryl methyl sites for hydroxylation is 4. The van der Waals surface area contributed by atoms with Gasteiger partial charge in [-0.25, -0.2) is 4.98 Å². The molecule has 5 heteroatoms. The first-order valence-electron chi connectivity index (χ1n) is 9.10. The Hall–Kier alpha value is -2.30. The number of hydrogen-bond donors (Lipinski definition) is 1. The molecule has 0 aliphatic heterocycles. The number of benzene rings is 1. The van der Waals surface area contributed by atoms with E-state index in [2.05, 4.69) is 31.1 Å². The molecule has 1 amide bonds. The molecule has 0 saturated carbocycles. The van der Waals surface area contributed by atoms with Gasteiger partial charge >= 0.3 is 0 Å². The molecule has 0 spiro atoms. The fourth-order valence-corrected chi connectivity index (χ4v) is 2.61. The number of hydrogen-bond acceptors (Lipinski definition) is 4. The summed E-state index contributed by atoms with van der Waals surface area (Å²) in [5, 5.41) is 2.88. The maximum Gasteiger partial charge on any atom is 0.257 e. The van der Waals surface area contributed by atoms with E-state index in [0.717, 1.165) is 41.5 Å². The predicted octanol–water partition coefficient (Wildman–Crippen LogP) is 4.03. The van der Waals surface area contributed by atoms with Crippen molar-refractivity contribution in [3.63, 3.8) is 0 Å². The van der Waals surface area contributed by atoms with E-state index in [9.17, 15) is 4.79 Å². The van der Waals surface area contributed by atoms with E-state index >= 15 is 0 Å². The van der Waals surface area contributed by atoms with E-state index in [-0.39, 0.29) is 17.9 Å². The van der Waals surface area contributed by atoms with E-state index < -0.39 is 0 Å². The van der Waals surface area contributed by atoms with Crippen molar-refractivity contribution < 1.29 is 13.9 Å². The highest BCUT2D eigenvalue weighted by atomic mass is 16.5. The van der Waals surface area contributed by atoms with E-state index in [1.807, 2.05) is 39.0 Å². The lowest BCUT2D eigenvalue weighted by atomic mass is 9.97. The van der Waals surface area contributed by atoms with Gasteiger partial charge in [-0.05, 0) is 38.8 Å². The van der Waals surface area contributed by atoms with Gasteiger partial charge in [0.25, 0.3) is 5.91 Å². The highest BCUT2D eigenvalue weighted by Gasteiger charge is 2.22. The summed E-state index contributed by atoms with van der Waals surface area (Å²) in [6.07, 6.45) is 1.56. The van der Waals surface area contributed by atoms with E-state index in [0.29, 0.717) is 6.54 Å². The average Bonchev–Trinajstić information content (AvgIpc) is 2.92. The Morgan fingerprint density at radius 3 is 2.58 bits per heavy atom. The minimum atomic E-state index is -0.116. The summed E-state index contributed by atoms with van der Waals surface area (Å²) in [5.41, 5.74) is 3.05. The molecule has 1 aromatic heterocycles. The van der Waals surface area contributed by atoms with Crippen LogP contribution >= 0.6 is 0 Å². The summed E-state index contributed by atoms with van der Waals surface area (Å²) in [6, 6.07) is 5.92. The van der Waals surface area contributed by atoms with E-state index in [4.69, 9.17) is 9.15 Å². The molecule has 0 fully saturated rings. The number of carbonyl (C=O) groups is 1. The molecule has 0 unspecified atom stereocenters. The van der Waals surface area contributed by atoms with Crippen LogP contribution in [-0.2, 0) is 16.6 Å². The van der Waals surface area contributed by atoms with Crippen LogP contribution in [0.3, 0.4) is 0 Å². The third-order valence-electron chi connectivity index (χ3n) is 4.13. The van der Waals surface area contributed by atoms with Crippen LogP contribution in [0.4, 0.5) is 0 Å².